The Morgan fingerprint density at radius 1 is 0.725 bits per heavy atom. The molecule has 2 N–H and O–H groups in total. The fourth-order valence-corrected chi connectivity index (χ4v) is 5.15. The van der Waals surface area contributed by atoms with Gasteiger partial charge in [-0.25, -0.2) is 0 Å². The van der Waals surface area contributed by atoms with E-state index in [0.29, 0.717) is 52.9 Å². The van der Waals surface area contributed by atoms with Crippen LogP contribution in [0.25, 0.3) is 0 Å². The van der Waals surface area contributed by atoms with Gasteiger partial charge in [0.15, 0.2) is 12.6 Å². The lowest BCUT2D eigenvalue weighted by Crippen LogP contribution is -2.31. The van der Waals surface area contributed by atoms with E-state index in [1.165, 1.54) is 6.42 Å². The van der Waals surface area contributed by atoms with Crippen LogP contribution in [0.5, 0.6) is 5.75 Å². The van der Waals surface area contributed by atoms with E-state index in [9.17, 15) is 0 Å². The van der Waals surface area contributed by atoms with Gasteiger partial charge in [0.2, 0.25) is 0 Å². The zero-order valence-electron chi connectivity index (χ0n) is 24.1. The number of nitrogens with zero attached hydrogens (tertiary/aromatic N) is 1. The van der Waals surface area contributed by atoms with E-state index < -0.39 is 0 Å². The second kappa shape index (κ2) is 19.0. The fourth-order valence-electron chi connectivity index (χ4n) is 5.15. The third kappa shape index (κ3) is 12.3. The smallest absolute Gasteiger partial charge is 0.157 e. The molecule has 0 spiro atoms. The molecule has 40 heavy (non-hydrogen) atoms. The molecular weight excluding hydrogens is 516 g/mol. The molecule has 0 radical (unpaired) electrons. The summed E-state index contributed by atoms with van der Waals surface area (Å²) in [7, 11) is 0. The first kappa shape index (κ1) is 31.6. The molecule has 0 saturated carbocycles. The topological polar surface area (TPSA) is 103 Å². The van der Waals surface area contributed by atoms with E-state index >= 15 is 0 Å². The van der Waals surface area contributed by atoms with Crippen LogP contribution in [0.2, 0.25) is 0 Å². The van der Waals surface area contributed by atoms with Crippen LogP contribution in [-0.4, -0.2) is 109 Å². The number of likely N-dealkylation sites (tertiary alicyclic amines) is 1. The van der Waals surface area contributed by atoms with E-state index in [0.717, 1.165) is 82.7 Å². The van der Waals surface area contributed by atoms with Gasteiger partial charge in [0.05, 0.1) is 52.4 Å². The molecule has 3 aliphatic rings. The van der Waals surface area contributed by atoms with Crippen LogP contribution < -0.4 is 10.5 Å². The lowest BCUT2D eigenvalue weighted by atomic mass is 10.1. The minimum atomic E-state index is -0.0789. The second-order valence-corrected chi connectivity index (χ2v) is 10.6. The average molecular weight is 567 g/mol. The molecule has 4 rings (SSSR count). The quantitative estimate of drug-likeness (QED) is 0.251. The first-order valence-electron chi connectivity index (χ1n) is 15.2. The highest BCUT2D eigenvalue weighted by atomic mass is 16.7. The predicted molar refractivity (Wildman–Crippen MR) is 150 cm³/mol. The van der Waals surface area contributed by atoms with Gasteiger partial charge >= 0.3 is 0 Å². The van der Waals surface area contributed by atoms with Crippen LogP contribution in [0.4, 0.5) is 0 Å². The molecule has 3 heterocycles. The molecule has 10 nitrogen and oxygen atoms in total. The summed E-state index contributed by atoms with van der Waals surface area (Å²) in [5.41, 5.74) is 7.61. The summed E-state index contributed by atoms with van der Waals surface area (Å²) in [4.78, 5) is 2.37. The molecule has 0 aliphatic carbocycles. The van der Waals surface area contributed by atoms with Crippen molar-refractivity contribution in [2.75, 3.05) is 85.7 Å². The Balaban J connectivity index is 0.969. The molecule has 3 saturated heterocycles. The first-order valence-corrected chi connectivity index (χ1v) is 15.2. The maximum atomic E-state index is 6.51. The van der Waals surface area contributed by atoms with Gasteiger partial charge in [-0.3, -0.25) is 4.90 Å². The first-order chi connectivity index (χ1) is 19.8. The summed E-state index contributed by atoms with van der Waals surface area (Å²) >= 11 is 0. The van der Waals surface area contributed by atoms with Crippen LogP contribution in [0.15, 0.2) is 24.3 Å². The van der Waals surface area contributed by atoms with Crippen molar-refractivity contribution < 1.29 is 37.9 Å². The van der Waals surface area contributed by atoms with Crippen LogP contribution in [-0.2, 0) is 33.2 Å². The number of hydrogen-bond donors (Lipinski definition) is 1. The van der Waals surface area contributed by atoms with Crippen molar-refractivity contribution in [3.63, 3.8) is 0 Å². The molecule has 0 aromatic heterocycles. The number of nitrogens with two attached hydrogens (primary N) is 1. The minimum absolute atomic E-state index is 0.0523. The molecule has 1 aromatic carbocycles. The van der Waals surface area contributed by atoms with E-state index in [1.807, 2.05) is 12.1 Å². The minimum Gasteiger partial charge on any atom is -0.491 e. The average Bonchev–Trinajstić information content (AvgIpc) is 3.44. The number of ether oxygens (including phenoxy) is 8. The SMILES string of the molecule is NC(CN1CC[C@@H](OCCOCCOCCOC2CCCCO2)C1)c1ccc(OCCOC2CCCCO2)cc1. The summed E-state index contributed by atoms with van der Waals surface area (Å²) in [6.07, 6.45) is 7.64. The van der Waals surface area contributed by atoms with E-state index in [1.54, 1.807) is 0 Å². The van der Waals surface area contributed by atoms with Crippen molar-refractivity contribution in [1.29, 1.82) is 0 Å². The van der Waals surface area contributed by atoms with Gasteiger partial charge in [-0.1, -0.05) is 12.1 Å². The Kier molecular flexibility index (Phi) is 15.0. The van der Waals surface area contributed by atoms with Crippen LogP contribution >= 0.6 is 0 Å². The Hall–Kier alpha value is -1.34. The standard InChI is InChI=1S/C30H50N2O8/c31-28(25-7-9-26(10-8-25)35-21-22-40-30-6-2-4-14-38-30)24-32-12-11-27(23-32)36-19-17-33-15-16-34-18-20-39-29-5-1-3-13-37-29/h7-10,27-30H,1-6,11-24,31H2/t27-,28?,29?,30?/m1/s1. The highest BCUT2D eigenvalue weighted by Crippen LogP contribution is 2.21. The van der Waals surface area contributed by atoms with Gasteiger partial charge in [-0.2, -0.15) is 0 Å². The van der Waals surface area contributed by atoms with Crippen molar-refractivity contribution in [3.05, 3.63) is 29.8 Å². The lowest BCUT2D eigenvalue weighted by Gasteiger charge is -2.22. The molecule has 10 heteroatoms. The Labute approximate surface area is 239 Å². The third-order valence-electron chi connectivity index (χ3n) is 7.41. The van der Waals surface area contributed by atoms with Crippen LogP contribution in [0.3, 0.4) is 0 Å². The van der Waals surface area contributed by atoms with Gasteiger partial charge < -0.3 is 43.6 Å². The fraction of sp³-hybridized carbons (Fsp3) is 0.800. The molecule has 0 amide bonds. The van der Waals surface area contributed by atoms with Crippen molar-refractivity contribution in [2.45, 2.75) is 69.7 Å². The Morgan fingerprint density at radius 2 is 1.32 bits per heavy atom. The number of benzene rings is 1. The van der Waals surface area contributed by atoms with Crippen molar-refractivity contribution >= 4 is 0 Å². The molecule has 0 bridgehead atoms. The monoisotopic (exact) mass is 566 g/mol. The van der Waals surface area contributed by atoms with Crippen molar-refractivity contribution in [3.8, 4) is 5.75 Å². The summed E-state index contributed by atoms with van der Waals surface area (Å²) < 4.78 is 45.5. The highest BCUT2D eigenvalue weighted by Gasteiger charge is 2.24. The van der Waals surface area contributed by atoms with E-state index in [2.05, 4.69) is 17.0 Å². The summed E-state index contributed by atoms with van der Waals surface area (Å²) in [6, 6.07) is 8.01. The summed E-state index contributed by atoms with van der Waals surface area (Å²) in [5.74, 6) is 0.825. The van der Waals surface area contributed by atoms with Gasteiger partial charge in [-0.15, -0.1) is 0 Å². The normalized spacial score (nSPS) is 24.8. The van der Waals surface area contributed by atoms with Crippen molar-refractivity contribution in [2.24, 2.45) is 5.73 Å². The van der Waals surface area contributed by atoms with Crippen LogP contribution in [0, 0.1) is 0 Å². The number of hydrogen-bond acceptors (Lipinski definition) is 10. The Bertz CT molecular complexity index is 773. The van der Waals surface area contributed by atoms with E-state index in [-0.39, 0.29) is 24.7 Å². The second-order valence-electron chi connectivity index (χ2n) is 10.6. The highest BCUT2D eigenvalue weighted by molar-refractivity contribution is 5.29. The predicted octanol–water partition coefficient (Wildman–Crippen LogP) is 3.28. The molecule has 1 aromatic rings. The maximum Gasteiger partial charge on any atom is 0.157 e. The maximum absolute atomic E-state index is 6.51. The molecule has 228 valence electrons. The van der Waals surface area contributed by atoms with Gasteiger partial charge in [0.25, 0.3) is 0 Å². The molecule has 3 aliphatic heterocycles. The van der Waals surface area contributed by atoms with Crippen molar-refractivity contribution in [1.82, 2.24) is 4.90 Å². The van der Waals surface area contributed by atoms with Gasteiger partial charge in [0, 0.05) is 38.9 Å². The number of rotatable bonds is 19. The summed E-state index contributed by atoms with van der Waals surface area (Å²) in [5, 5.41) is 0. The zero-order valence-corrected chi connectivity index (χ0v) is 24.1. The van der Waals surface area contributed by atoms with Gasteiger partial charge in [0.1, 0.15) is 12.4 Å². The molecule has 3 fully saturated rings. The third-order valence-corrected chi connectivity index (χ3v) is 7.41. The van der Waals surface area contributed by atoms with Crippen LogP contribution in [0.1, 0.15) is 56.6 Å². The summed E-state index contributed by atoms with van der Waals surface area (Å²) in [6.45, 7) is 8.70. The van der Waals surface area contributed by atoms with E-state index in [4.69, 9.17) is 43.6 Å². The zero-order chi connectivity index (χ0) is 27.7. The molecular formula is C30H50N2O8. The largest absolute Gasteiger partial charge is 0.491 e. The Morgan fingerprint density at radius 3 is 1.95 bits per heavy atom. The van der Waals surface area contributed by atoms with Gasteiger partial charge in [-0.05, 0) is 62.6 Å². The molecule has 3 unspecified atom stereocenters. The lowest BCUT2D eigenvalue weighted by molar-refractivity contribution is -0.169. The molecule has 4 atom stereocenters.